The number of ether oxygens (including phenoxy) is 1. The monoisotopic (exact) mass is 234 g/mol. The van der Waals surface area contributed by atoms with Gasteiger partial charge in [0.25, 0.3) is 0 Å². The van der Waals surface area contributed by atoms with Crippen LogP contribution in [0.1, 0.15) is 31.1 Å². The molecule has 17 heavy (non-hydrogen) atoms. The van der Waals surface area contributed by atoms with Crippen LogP contribution >= 0.6 is 0 Å². The molecule has 1 aliphatic heterocycles. The highest BCUT2D eigenvalue weighted by molar-refractivity contribution is 5.43. The Morgan fingerprint density at radius 3 is 2.76 bits per heavy atom. The molecule has 0 saturated carbocycles. The van der Waals surface area contributed by atoms with Gasteiger partial charge in [-0.2, -0.15) is 0 Å². The highest BCUT2D eigenvalue weighted by Gasteiger charge is 2.25. The number of hydrogen-bond acceptors (Lipinski definition) is 3. The molecule has 0 spiro atoms. The summed E-state index contributed by atoms with van der Waals surface area (Å²) in [5.41, 5.74) is 2.79. The van der Waals surface area contributed by atoms with Crippen molar-refractivity contribution in [1.29, 1.82) is 0 Å². The molecule has 0 saturated heterocycles. The maximum atomic E-state index is 9.80. The largest absolute Gasteiger partial charge is 0.485 e. The van der Waals surface area contributed by atoms with E-state index < -0.39 is 12.2 Å². The molecule has 3 unspecified atom stereocenters. The van der Waals surface area contributed by atoms with Crippen LogP contribution in [0.4, 0.5) is 0 Å². The Hall–Kier alpha value is -1.32. The molecule has 0 bridgehead atoms. The quantitative estimate of drug-likeness (QED) is 0.786. The first kappa shape index (κ1) is 12.1. The van der Waals surface area contributed by atoms with Gasteiger partial charge in [0, 0.05) is 6.42 Å². The summed E-state index contributed by atoms with van der Waals surface area (Å²) >= 11 is 0. The summed E-state index contributed by atoms with van der Waals surface area (Å²) in [7, 11) is 0. The second-order valence-electron chi connectivity index (χ2n) is 4.71. The molecule has 1 aliphatic rings. The van der Waals surface area contributed by atoms with Crippen LogP contribution in [0, 0.1) is 0 Å². The lowest BCUT2D eigenvalue weighted by Gasteiger charge is -2.14. The van der Waals surface area contributed by atoms with Gasteiger partial charge in [0.2, 0.25) is 0 Å². The van der Waals surface area contributed by atoms with Crippen LogP contribution in [0.2, 0.25) is 0 Å². The van der Waals surface area contributed by atoms with Crippen LogP contribution in [0.5, 0.6) is 5.75 Å². The van der Waals surface area contributed by atoms with E-state index in [1.54, 1.807) is 13.0 Å². The van der Waals surface area contributed by atoms with E-state index in [9.17, 15) is 10.2 Å². The maximum Gasteiger partial charge on any atom is 0.123 e. The van der Waals surface area contributed by atoms with E-state index in [2.05, 4.69) is 6.58 Å². The molecule has 0 aliphatic carbocycles. The minimum atomic E-state index is -0.843. The van der Waals surface area contributed by atoms with E-state index in [-0.39, 0.29) is 6.10 Å². The summed E-state index contributed by atoms with van der Waals surface area (Å²) < 4.78 is 5.72. The first-order valence-electron chi connectivity index (χ1n) is 5.80. The SMILES string of the molecule is C=C(C)C1Cc2cc(C(O)C(C)O)ccc2O1. The predicted molar refractivity (Wildman–Crippen MR) is 66.0 cm³/mol. The Morgan fingerprint density at radius 2 is 2.18 bits per heavy atom. The minimum absolute atomic E-state index is 0.0314. The highest BCUT2D eigenvalue weighted by atomic mass is 16.5. The fourth-order valence-electron chi connectivity index (χ4n) is 2.01. The van der Waals surface area contributed by atoms with Crippen molar-refractivity contribution in [2.24, 2.45) is 0 Å². The number of fused-ring (bicyclic) bond motifs is 1. The first-order chi connectivity index (χ1) is 7.99. The van der Waals surface area contributed by atoms with Crippen molar-refractivity contribution in [2.75, 3.05) is 0 Å². The molecular formula is C14H18O3. The Kier molecular flexibility index (Phi) is 3.22. The van der Waals surface area contributed by atoms with Gasteiger partial charge in [-0.1, -0.05) is 12.6 Å². The number of aliphatic hydroxyl groups is 2. The van der Waals surface area contributed by atoms with Crippen LogP contribution in [0.3, 0.4) is 0 Å². The summed E-state index contributed by atoms with van der Waals surface area (Å²) in [5.74, 6) is 0.847. The minimum Gasteiger partial charge on any atom is -0.485 e. The molecule has 3 heteroatoms. The summed E-state index contributed by atoms with van der Waals surface area (Å²) in [6, 6.07) is 5.53. The van der Waals surface area contributed by atoms with Crippen molar-refractivity contribution in [1.82, 2.24) is 0 Å². The van der Waals surface area contributed by atoms with Gasteiger partial charge in [0.15, 0.2) is 0 Å². The fraction of sp³-hybridized carbons (Fsp3) is 0.429. The molecule has 0 aromatic heterocycles. The van der Waals surface area contributed by atoms with E-state index in [0.717, 1.165) is 28.9 Å². The third-order valence-electron chi connectivity index (χ3n) is 3.11. The third kappa shape index (κ3) is 2.35. The molecule has 1 heterocycles. The average molecular weight is 234 g/mol. The van der Waals surface area contributed by atoms with Crippen molar-refractivity contribution in [3.05, 3.63) is 41.5 Å². The second kappa shape index (κ2) is 4.51. The Morgan fingerprint density at radius 1 is 1.47 bits per heavy atom. The van der Waals surface area contributed by atoms with Gasteiger partial charge < -0.3 is 14.9 Å². The summed E-state index contributed by atoms with van der Waals surface area (Å²) in [6.07, 6.45) is -0.800. The van der Waals surface area contributed by atoms with E-state index >= 15 is 0 Å². The molecule has 3 nitrogen and oxygen atoms in total. The van der Waals surface area contributed by atoms with Crippen LogP contribution in [0.25, 0.3) is 0 Å². The molecule has 92 valence electrons. The van der Waals surface area contributed by atoms with Gasteiger partial charge in [0.1, 0.15) is 18.0 Å². The molecule has 0 amide bonds. The first-order valence-corrected chi connectivity index (χ1v) is 5.80. The van der Waals surface area contributed by atoms with Crippen LogP contribution in [0.15, 0.2) is 30.4 Å². The van der Waals surface area contributed by atoms with Crippen molar-refractivity contribution < 1.29 is 14.9 Å². The summed E-state index contributed by atoms with van der Waals surface area (Å²) in [6.45, 7) is 7.41. The lowest BCUT2D eigenvalue weighted by Crippen LogP contribution is -2.14. The van der Waals surface area contributed by atoms with Crippen LogP contribution in [-0.2, 0) is 6.42 Å². The fourth-order valence-corrected chi connectivity index (χ4v) is 2.01. The van der Waals surface area contributed by atoms with Gasteiger partial charge in [-0.05, 0) is 42.7 Å². The van der Waals surface area contributed by atoms with Gasteiger partial charge in [0.05, 0.1) is 6.10 Å². The molecule has 0 fully saturated rings. The molecule has 3 atom stereocenters. The van der Waals surface area contributed by atoms with Crippen LogP contribution in [-0.4, -0.2) is 22.4 Å². The van der Waals surface area contributed by atoms with Crippen molar-refractivity contribution >= 4 is 0 Å². The lowest BCUT2D eigenvalue weighted by atomic mass is 9.99. The van der Waals surface area contributed by atoms with Gasteiger partial charge in [-0.15, -0.1) is 0 Å². The Labute approximate surface area is 101 Å². The number of benzene rings is 1. The summed E-state index contributed by atoms with van der Waals surface area (Å²) in [4.78, 5) is 0. The zero-order valence-electron chi connectivity index (χ0n) is 10.2. The van der Waals surface area contributed by atoms with E-state index in [1.807, 2.05) is 19.1 Å². The van der Waals surface area contributed by atoms with Gasteiger partial charge in [-0.3, -0.25) is 0 Å². The topological polar surface area (TPSA) is 49.7 Å². The van der Waals surface area contributed by atoms with Gasteiger partial charge >= 0.3 is 0 Å². The predicted octanol–water partition coefficient (Wildman–Crippen LogP) is 1.98. The molecule has 2 rings (SSSR count). The highest BCUT2D eigenvalue weighted by Crippen LogP contribution is 2.33. The summed E-state index contributed by atoms with van der Waals surface area (Å²) in [5, 5.41) is 19.2. The number of hydrogen-bond donors (Lipinski definition) is 2. The zero-order valence-corrected chi connectivity index (χ0v) is 10.2. The van der Waals surface area contributed by atoms with Crippen molar-refractivity contribution in [3.63, 3.8) is 0 Å². The molecule has 2 N–H and O–H groups in total. The molecule has 1 aromatic carbocycles. The van der Waals surface area contributed by atoms with Crippen LogP contribution < -0.4 is 4.74 Å². The lowest BCUT2D eigenvalue weighted by molar-refractivity contribution is 0.0305. The van der Waals surface area contributed by atoms with E-state index in [1.165, 1.54) is 0 Å². The molecule has 1 aromatic rings. The average Bonchev–Trinajstić information content (AvgIpc) is 2.70. The smallest absolute Gasteiger partial charge is 0.123 e. The standard InChI is InChI=1S/C14H18O3/c1-8(2)13-7-11-6-10(14(16)9(3)15)4-5-12(11)17-13/h4-6,9,13-16H,1,7H2,2-3H3. The Balaban J connectivity index is 2.24. The van der Waals surface area contributed by atoms with Crippen molar-refractivity contribution in [2.45, 2.75) is 38.6 Å². The zero-order chi connectivity index (χ0) is 12.6. The Bertz CT molecular complexity index is 437. The van der Waals surface area contributed by atoms with Gasteiger partial charge in [-0.25, -0.2) is 0 Å². The normalized spacial score (nSPS) is 21.5. The maximum absolute atomic E-state index is 9.80. The second-order valence-corrected chi connectivity index (χ2v) is 4.71. The van der Waals surface area contributed by atoms with Crippen molar-refractivity contribution in [3.8, 4) is 5.75 Å². The molecular weight excluding hydrogens is 216 g/mol. The number of rotatable bonds is 3. The van der Waals surface area contributed by atoms with E-state index in [0.29, 0.717) is 0 Å². The molecule has 0 radical (unpaired) electrons. The number of aliphatic hydroxyl groups excluding tert-OH is 2. The third-order valence-corrected chi connectivity index (χ3v) is 3.11. The van der Waals surface area contributed by atoms with E-state index in [4.69, 9.17) is 4.74 Å².